The minimum atomic E-state index is 0.578. The zero-order chi connectivity index (χ0) is 12.7. The number of ether oxygens (including phenoxy) is 1. The van der Waals surface area contributed by atoms with Crippen LogP contribution in [0, 0.1) is 0 Å². The molecule has 7 heteroatoms. The highest BCUT2D eigenvalue weighted by Crippen LogP contribution is 2.34. The topological polar surface area (TPSA) is 64.0 Å². The molecule has 1 fully saturated rings. The predicted molar refractivity (Wildman–Crippen MR) is 72.7 cm³/mol. The van der Waals surface area contributed by atoms with Crippen LogP contribution in [0.1, 0.15) is 32.1 Å². The van der Waals surface area contributed by atoms with Crippen molar-refractivity contribution in [3.05, 3.63) is 0 Å². The first-order valence-corrected chi connectivity index (χ1v) is 7.54. The average molecular weight is 277 g/mol. The molecule has 2 aromatic rings. The Kier molecular flexibility index (Phi) is 2.72. The number of nitrogens with zero attached hydrogens (tertiary/aromatic N) is 5. The van der Waals surface area contributed by atoms with Crippen LogP contribution >= 0.6 is 11.7 Å². The average Bonchev–Trinajstić information content (AvgIpc) is 2.92. The van der Waals surface area contributed by atoms with E-state index < -0.39 is 0 Å². The van der Waals surface area contributed by atoms with Gasteiger partial charge in [0.25, 0.3) is 5.88 Å². The Morgan fingerprint density at radius 3 is 2.68 bits per heavy atom. The van der Waals surface area contributed by atoms with Gasteiger partial charge in [-0.2, -0.15) is 13.7 Å². The number of rotatable bonds is 1. The number of anilines is 1. The molecular formula is C12H15N5OS. The zero-order valence-corrected chi connectivity index (χ0v) is 11.4. The molecule has 1 aliphatic heterocycles. The summed E-state index contributed by atoms with van der Waals surface area (Å²) in [6, 6.07) is 0.578. The molecule has 100 valence electrons. The van der Waals surface area contributed by atoms with Crippen molar-refractivity contribution in [3.8, 4) is 5.88 Å². The largest absolute Gasteiger partial charge is 0.473 e. The summed E-state index contributed by atoms with van der Waals surface area (Å²) < 4.78 is 13.9. The van der Waals surface area contributed by atoms with Gasteiger partial charge in [0, 0.05) is 6.04 Å². The Morgan fingerprint density at radius 2 is 1.84 bits per heavy atom. The molecule has 6 nitrogen and oxygen atoms in total. The number of fused-ring (bicyclic) bond motifs is 2. The van der Waals surface area contributed by atoms with Gasteiger partial charge in [0.05, 0.1) is 18.3 Å². The molecular weight excluding hydrogens is 262 g/mol. The smallest absolute Gasteiger partial charge is 0.259 e. The van der Waals surface area contributed by atoms with E-state index in [-0.39, 0.29) is 0 Å². The molecule has 3 heterocycles. The van der Waals surface area contributed by atoms with Crippen LogP contribution in [0.3, 0.4) is 0 Å². The van der Waals surface area contributed by atoms with Crippen molar-refractivity contribution >= 4 is 28.8 Å². The summed E-state index contributed by atoms with van der Waals surface area (Å²) in [4.78, 5) is 11.4. The Balaban J connectivity index is 1.75. The molecule has 0 radical (unpaired) electrons. The van der Waals surface area contributed by atoms with E-state index >= 15 is 0 Å². The van der Waals surface area contributed by atoms with E-state index in [9.17, 15) is 0 Å². The van der Waals surface area contributed by atoms with Gasteiger partial charge in [-0.25, -0.2) is 4.98 Å². The quantitative estimate of drug-likeness (QED) is 0.794. The van der Waals surface area contributed by atoms with Crippen molar-refractivity contribution in [2.24, 2.45) is 0 Å². The first-order valence-electron chi connectivity index (χ1n) is 6.81. The van der Waals surface area contributed by atoms with Crippen molar-refractivity contribution in [3.63, 3.8) is 0 Å². The summed E-state index contributed by atoms with van der Waals surface area (Å²) in [5, 5.41) is 0. The number of aromatic nitrogens is 4. The van der Waals surface area contributed by atoms with E-state index in [0.29, 0.717) is 29.8 Å². The summed E-state index contributed by atoms with van der Waals surface area (Å²) in [6.45, 7) is 1.58. The molecule has 0 atom stereocenters. The van der Waals surface area contributed by atoms with Gasteiger partial charge in [-0.05, 0) is 12.8 Å². The van der Waals surface area contributed by atoms with Crippen LogP contribution < -0.4 is 9.64 Å². The first kappa shape index (κ1) is 11.3. The maximum Gasteiger partial charge on any atom is 0.259 e. The Labute approximate surface area is 115 Å². The second-order valence-electron chi connectivity index (χ2n) is 5.10. The molecule has 1 aliphatic carbocycles. The summed E-state index contributed by atoms with van der Waals surface area (Å²) in [5.41, 5.74) is 1.23. The van der Waals surface area contributed by atoms with Crippen LogP contribution in [0.15, 0.2) is 0 Å². The molecule has 2 aromatic heterocycles. The lowest BCUT2D eigenvalue weighted by atomic mass is 9.94. The van der Waals surface area contributed by atoms with Crippen molar-refractivity contribution in [1.82, 2.24) is 18.7 Å². The Bertz CT molecular complexity index is 595. The van der Waals surface area contributed by atoms with Gasteiger partial charge in [0.2, 0.25) is 11.3 Å². The highest BCUT2D eigenvalue weighted by molar-refractivity contribution is 6.99. The summed E-state index contributed by atoms with van der Waals surface area (Å²) in [6.07, 6.45) is 6.47. The summed E-state index contributed by atoms with van der Waals surface area (Å²) in [5.74, 6) is 1.48. The molecule has 0 unspecified atom stereocenters. The van der Waals surface area contributed by atoms with E-state index in [1.807, 2.05) is 0 Å². The molecule has 0 aromatic carbocycles. The lowest BCUT2D eigenvalue weighted by Crippen LogP contribution is -2.43. The van der Waals surface area contributed by atoms with E-state index in [1.165, 1.54) is 32.1 Å². The molecule has 4 rings (SSSR count). The van der Waals surface area contributed by atoms with Crippen LogP contribution in [-0.2, 0) is 0 Å². The van der Waals surface area contributed by atoms with Gasteiger partial charge in [0.1, 0.15) is 6.61 Å². The fourth-order valence-electron chi connectivity index (χ4n) is 2.99. The van der Waals surface area contributed by atoms with Crippen molar-refractivity contribution in [1.29, 1.82) is 0 Å². The summed E-state index contributed by atoms with van der Waals surface area (Å²) in [7, 11) is 0. The summed E-state index contributed by atoms with van der Waals surface area (Å²) >= 11 is 1.15. The van der Waals surface area contributed by atoms with Gasteiger partial charge in [0.15, 0.2) is 5.82 Å². The number of hydrogen-bond donors (Lipinski definition) is 0. The SMILES string of the molecule is C1CCC(N2CCOc3nc4nsnc4nc32)CC1. The standard InChI is InChI=1S/C12H15N5OS/c1-2-4-8(5-3-1)17-6-7-18-12-11(17)13-9-10(14-12)16-19-15-9/h8H,1-7H2. The van der Waals surface area contributed by atoms with Gasteiger partial charge in [-0.15, -0.1) is 0 Å². The third kappa shape index (κ3) is 1.92. The van der Waals surface area contributed by atoms with Crippen LogP contribution in [0.25, 0.3) is 11.3 Å². The van der Waals surface area contributed by atoms with E-state index in [2.05, 4.69) is 23.6 Å². The van der Waals surface area contributed by atoms with Crippen molar-refractivity contribution < 1.29 is 4.74 Å². The third-order valence-electron chi connectivity index (χ3n) is 3.92. The van der Waals surface area contributed by atoms with Gasteiger partial charge < -0.3 is 9.64 Å². The minimum Gasteiger partial charge on any atom is -0.473 e. The second kappa shape index (κ2) is 4.56. The van der Waals surface area contributed by atoms with E-state index in [0.717, 1.165) is 24.1 Å². The van der Waals surface area contributed by atoms with Crippen molar-refractivity contribution in [2.45, 2.75) is 38.1 Å². The molecule has 0 bridgehead atoms. The molecule has 0 amide bonds. The maximum atomic E-state index is 5.64. The lowest BCUT2D eigenvalue weighted by molar-refractivity contribution is 0.276. The highest BCUT2D eigenvalue weighted by atomic mass is 32.1. The third-order valence-corrected chi connectivity index (χ3v) is 4.43. The van der Waals surface area contributed by atoms with Crippen LogP contribution in [0.4, 0.5) is 5.82 Å². The second-order valence-corrected chi connectivity index (χ2v) is 5.63. The molecule has 1 saturated carbocycles. The van der Waals surface area contributed by atoms with Crippen molar-refractivity contribution in [2.75, 3.05) is 18.1 Å². The normalized spacial score (nSPS) is 20.3. The fourth-order valence-corrected chi connectivity index (χ4v) is 3.43. The lowest BCUT2D eigenvalue weighted by Gasteiger charge is -2.37. The van der Waals surface area contributed by atoms with E-state index in [1.54, 1.807) is 0 Å². The number of hydrogen-bond acceptors (Lipinski definition) is 7. The van der Waals surface area contributed by atoms with Crippen LogP contribution in [0.5, 0.6) is 5.88 Å². The zero-order valence-electron chi connectivity index (χ0n) is 10.6. The minimum absolute atomic E-state index is 0.578. The monoisotopic (exact) mass is 277 g/mol. The molecule has 0 saturated heterocycles. The molecule has 19 heavy (non-hydrogen) atoms. The first-order chi connectivity index (χ1) is 9.42. The van der Waals surface area contributed by atoms with Gasteiger partial charge in [-0.3, -0.25) is 0 Å². The van der Waals surface area contributed by atoms with Crippen LogP contribution in [-0.4, -0.2) is 37.9 Å². The predicted octanol–water partition coefficient (Wildman–Crippen LogP) is 2.01. The van der Waals surface area contributed by atoms with Crippen LogP contribution in [0.2, 0.25) is 0 Å². The van der Waals surface area contributed by atoms with Gasteiger partial charge in [-0.1, -0.05) is 19.3 Å². The van der Waals surface area contributed by atoms with E-state index in [4.69, 9.17) is 4.74 Å². The molecule has 2 aliphatic rings. The fraction of sp³-hybridized carbons (Fsp3) is 0.667. The Hall–Kier alpha value is -1.50. The highest BCUT2D eigenvalue weighted by Gasteiger charge is 2.29. The molecule has 0 spiro atoms. The van der Waals surface area contributed by atoms with Gasteiger partial charge >= 0.3 is 0 Å². The molecule has 0 N–H and O–H groups in total. The Morgan fingerprint density at radius 1 is 1.05 bits per heavy atom. The maximum absolute atomic E-state index is 5.64.